The highest BCUT2D eigenvalue weighted by atomic mass is 32.1. The maximum atomic E-state index is 12.7. The van der Waals surface area contributed by atoms with E-state index in [1.807, 2.05) is 28.9 Å². The van der Waals surface area contributed by atoms with Crippen molar-refractivity contribution in [2.75, 3.05) is 13.1 Å². The molecule has 1 fully saturated rings. The molecule has 3 heterocycles. The van der Waals surface area contributed by atoms with Crippen LogP contribution in [0.2, 0.25) is 0 Å². The molecule has 0 aromatic carbocycles. The second-order valence-corrected chi connectivity index (χ2v) is 7.49. The number of hydrogen-bond donors (Lipinski definition) is 1. The predicted molar refractivity (Wildman–Crippen MR) is 97.1 cm³/mol. The van der Waals surface area contributed by atoms with Crippen molar-refractivity contribution in [3.8, 4) is 0 Å². The van der Waals surface area contributed by atoms with Crippen molar-refractivity contribution >= 4 is 17.2 Å². The van der Waals surface area contributed by atoms with Crippen LogP contribution < -0.4 is 5.32 Å². The fourth-order valence-corrected chi connectivity index (χ4v) is 3.99. The molecule has 0 unspecified atom stereocenters. The Balaban J connectivity index is 1.55. The number of likely N-dealkylation sites (tertiary alicyclic amines) is 1. The molecule has 1 saturated heterocycles. The van der Waals surface area contributed by atoms with E-state index in [9.17, 15) is 4.79 Å². The van der Waals surface area contributed by atoms with Gasteiger partial charge in [-0.3, -0.25) is 9.48 Å². The molecule has 3 atom stereocenters. The number of thiophene rings is 1. The van der Waals surface area contributed by atoms with Crippen LogP contribution >= 0.6 is 11.3 Å². The number of carbonyl (C=O) groups excluding carboxylic acids is 1. The summed E-state index contributed by atoms with van der Waals surface area (Å²) in [4.78, 5) is 14.7. The van der Waals surface area contributed by atoms with Crippen molar-refractivity contribution in [3.05, 3.63) is 40.3 Å². The average Bonchev–Trinajstić information content (AvgIpc) is 3.30. The third-order valence-corrected chi connectivity index (χ3v) is 5.65. The van der Waals surface area contributed by atoms with Crippen LogP contribution in [0, 0.1) is 6.92 Å². The molecule has 1 amide bonds. The van der Waals surface area contributed by atoms with Gasteiger partial charge in [-0.25, -0.2) is 0 Å². The van der Waals surface area contributed by atoms with Crippen LogP contribution in [-0.2, 0) is 4.79 Å². The molecule has 0 aliphatic carbocycles. The van der Waals surface area contributed by atoms with Crippen molar-refractivity contribution in [1.82, 2.24) is 20.0 Å². The van der Waals surface area contributed by atoms with E-state index in [4.69, 9.17) is 0 Å². The molecule has 3 rings (SSSR count). The number of aromatic nitrogens is 2. The standard InChI is InChI=1S/C18H26N4OS/c1-13-9-20-22(11-13)15(3)14(2)19-10-18(23)21-7-4-5-17(21)16-6-8-24-12-16/h6,8-9,11-12,14-15,17,19H,4-5,7,10H2,1-3H3/t14-,15-,17+/m1/s1. The summed E-state index contributed by atoms with van der Waals surface area (Å²) in [5.74, 6) is 0.194. The summed E-state index contributed by atoms with van der Waals surface area (Å²) >= 11 is 1.70. The molecule has 1 aliphatic rings. The molecule has 24 heavy (non-hydrogen) atoms. The first-order valence-electron chi connectivity index (χ1n) is 8.62. The zero-order valence-electron chi connectivity index (χ0n) is 14.6. The number of carbonyl (C=O) groups is 1. The number of aryl methyl sites for hydroxylation is 1. The lowest BCUT2D eigenvalue weighted by atomic mass is 10.1. The highest BCUT2D eigenvalue weighted by Gasteiger charge is 2.30. The summed E-state index contributed by atoms with van der Waals surface area (Å²) < 4.78 is 1.96. The molecule has 130 valence electrons. The Morgan fingerprint density at radius 2 is 2.33 bits per heavy atom. The molecular weight excluding hydrogens is 320 g/mol. The number of nitrogens with zero attached hydrogens (tertiary/aromatic N) is 3. The highest BCUT2D eigenvalue weighted by molar-refractivity contribution is 7.07. The second kappa shape index (κ2) is 7.49. The lowest BCUT2D eigenvalue weighted by Gasteiger charge is -2.27. The molecular formula is C18H26N4OS. The first-order valence-corrected chi connectivity index (χ1v) is 9.56. The quantitative estimate of drug-likeness (QED) is 0.874. The van der Waals surface area contributed by atoms with Crippen LogP contribution in [0.25, 0.3) is 0 Å². The molecule has 1 N–H and O–H groups in total. The van der Waals surface area contributed by atoms with Gasteiger partial charge in [-0.1, -0.05) is 0 Å². The van der Waals surface area contributed by atoms with Gasteiger partial charge in [0.2, 0.25) is 5.91 Å². The number of rotatable bonds is 6. The molecule has 0 saturated carbocycles. The first-order chi connectivity index (χ1) is 11.6. The molecule has 5 nitrogen and oxygen atoms in total. The normalized spacial score (nSPS) is 20.3. The van der Waals surface area contributed by atoms with E-state index in [0.29, 0.717) is 6.54 Å². The first kappa shape index (κ1) is 17.2. The fraction of sp³-hybridized carbons (Fsp3) is 0.556. The Bertz CT molecular complexity index is 666. The van der Waals surface area contributed by atoms with Crippen molar-refractivity contribution in [3.63, 3.8) is 0 Å². The van der Waals surface area contributed by atoms with E-state index in [0.717, 1.165) is 24.9 Å². The maximum Gasteiger partial charge on any atom is 0.237 e. The Labute approximate surface area is 147 Å². The van der Waals surface area contributed by atoms with E-state index < -0.39 is 0 Å². The maximum absolute atomic E-state index is 12.7. The van der Waals surface area contributed by atoms with E-state index >= 15 is 0 Å². The summed E-state index contributed by atoms with van der Waals surface area (Å²) in [5.41, 5.74) is 2.43. The van der Waals surface area contributed by atoms with Crippen molar-refractivity contribution in [2.24, 2.45) is 0 Å². The van der Waals surface area contributed by atoms with Crippen LogP contribution in [0.4, 0.5) is 0 Å². The van der Waals surface area contributed by atoms with E-state index in [1.165, 1.54) is 5.56 Å². The summed E-state index contributed by atoms with van der Waals surface area (Å²) in [7, 11) is 0. The topological polar surface area (TPSA) is 50.2 Å². The summed E-state index contributed by atoms with van der Waals surface area (Å²) in [6.07, 6.45) is 6.06. The molecule has 0 spiro atoms. The van der Waals surface area contributed by atoms with E-state index in [-0.39, 0.29) is 24.0 Å². The molecule has 6 heteroatoms. The molecule has 2 aromatic heterocycles. The second-order valence-electron chi connectivity index (χ2n) is 6.71. The van der Waals surface area contributed by atoms with Crippen LogP contribution in [0.15, 0.2) is 29.2 Å². The molecule has 2 aromatic rings. The SMILES string of the molecule is Cc1cnn([C@H](C)[C@@H](C)NCC(=O)N2CCC[C@H]2c2ccsc2)c1. The largest absolute Gasteiger partial charge is 0.335 e. The molecule has 0 bridgehead atoms. The predicted octanol–water partition coefficient (Wildman–Crippen LogP) is 3.16. The van der Waals surface area contributed by atoms with Gasteiger partial charge in [-0.15, -0.1) is 0 Å². The molecule has 0 radical (unpaired) electrons. The summed E-state index contributed by atoms with van der Waals surface area (Å²) in [6, 6.07) is 2.78. The Morgan fingerprint density at radius 3 is 3.00 bits per heavy atom. The van der Waals surface area contributed by atoms with Crippen LogP contribution in [0.1, 0.15) is 49.9 Å². The van der Waals surface area contributed by atoms with Gasteiger partial charge in [0.1, 0.15) is 0 Å². The zero-order chi connectivity index (χ0) is 17.1. The van der Waals surface area contributed by atoms with Gasteiger partial charge in [0.15, 0.2) is 0 Å². The van der Waals surface area contributed by atoms with Crippen molar-refractivity contribution in [2.45, 2.75) is 51.7 Å². The molecule has 1 aliphatic heterocycles. The van der Waals surface area contributed by atoms with Crippen LogP contribution in [0.5, 0.6) is 0 Å². The van der Waals surface area contributed by atoms with Gasteiger partial charge in [0.05, 0.1) is 24.8 Å². The minimum absolute atomic E-state index is 0.176. The van der Waals surface area contributed by atoms with Gasteiger partial charge in [-0.2, -0.15) is 16.4 Å². The Hall–Kier alpha value is -1.66. The minimum Gasteiger partial charge on any atom is -0.335 e. The average molecular weight is 346 g/mol. The van der Waals surface area contributed by atoms with Gasteiger partial charge >= 0.3 is 0 Å². The van der Waals surface area contributed by atoms with Gasteiger partial charge in [0, 0.05) is 18.8 Å². The van der Waals surface area contributed by atoms with Crippen molar-refractivity contribution < 1.29 is 4.79 Å². The number of hydrogen-bond acceptors (Lipinski definition) is 4. The highest BCUT2D eigenvalue weighted by Crippen LogP contribution is 2.32. The summed E-state index contributed by atoms with van der Waals surface area (Å²) in [5, 5.41) is 12.0. The number of amides is 1. The minimum atomic E-state index is 0.176. The lowest BCUT2D eigenvalue weighted by Crippen LogP contribution is -2.43. The van der Waals surface area contributed by atoms with E-state index in [1.54, 1.807) is 11.3 Å². The van der Waals surface area contributed by atoms with Gasteiger partial charge < -0.3 is 10.2 Å². The van der Waals surface area contributed by atoms with Crippen molar-refractivity contribution in [1.29, 1.82) is 0 Å². The Kier molecular flexibility index (Phi) is 5.36. The van der Waals surface area contributed by atoms with Gasteiger partial charge in [0.25, 0.3) is 0 Å². The van der Waals surface area contributed by atoms with Gasteiger partial charge in [-0.05, 0) is 61.6 Å². The monoisotopic (exact) mass is 346 g/mol. The number of nitrogens with one attached hydrogen (secondary N) is 1. The lowest BCUT2D eigenvalue weighted by molar-refractivity contribution is -0.131. The Morgan fingerprint density at radius 1 is 1.50 bits per heavy atom. The third-order valence-electron chi connectivity index (χ3n) is 4.95. The zero-order valence-corrected chi connectivity index (χ0v) is 15.4. The van der Waals surface area contributed by atoms with Crippen LogP contribution in [-0.4, -0.2) is 39.7 Å². The third kappa shape index (κ3) is 3.70. The van der Waals surface area contributed by atoms with Crippen LogP contribution in [0.3, 0.4) is 0 Å². The smallest absolute Gasteiger partial charge is 0.237 e. The summed E-state index contributed by atoms with van der Waals surface area (Å²) in [6.45, 7) is 7.51. The van der Waals surface area contributed by atoms with E-state index in [2.05, 4.69) is 41.1 Å². The fourth-order valence-electron chi connectivity index (χ4n) is 3.28.